The van der Waals surface area contributed by atoms with Crippen molar-refractivity contribution in [1.29, 1.82) is 0 Å². The lowest BCUT2D eigenvalue weighted by atomic mass is 9.93. The second kappa shape index (κ2) is 5.83. The lowest BCUT2D eigenvalue weighted by Gasteiger charge is -2.29. The fourth-order valence-corrected chi connectivity index (χ4v) is 2.60. The van der Waals surface area contributed by atoms with Crippen molar-refractivity contribution in [3.63, 3.8) is 0 Å². The van der Waals surface area contributed by atoms with Gasteiger partial charge in [-0.3, -0.25) is 9.69 Å². The monoisotopic (exact) mass is 241 g/mol. The molecule has 0 aromatic rings. The number of hydrogen-bond donors (Lipinski definition) is 1. The van der Waals surface area contributed by atoms with Gasteiger partial charge < -0.3 is 10.2 Å². The molecular formula is C13H27N3O. The molecule has 1 amide bonds. The highest BCUT2D eigenvalue weighted by Gasteiger charge is 2.29. The summed E-state index contributed by atoms with van der Waals surface area (Å²) in [7, 11) is 6.16. The first kappa shape index (κ1) is 14.5. The van der Waals surface area contributed by atoms with Crippen LogP contribution in [0.4, 0.5) is 0 Å². The van der Waals surface area contributed by atoms with Crippen LogP contribution in [-0.4, -0.2) is 62.5 Å². The molecule has 1 aliphatic rings. The zero-order chi connectivity index (χ0) is 13.1. The van der Waals surface area contributed by atoms with Gasteiger partial charge in [0, 0.05) is 13.1 Å². The molecular weight excluding hydrogens is 214 g/mol. The maximum absolute atomic E-state index is 12.0. The van der Waals surface area contributed by atoms with E-state index < -0.39 is 0 Å². The average molecular weight is 241 g/mol. The lowest BCUT2D eigenvalue weighted by molar-refractivity contribution is -0.125. The Labute approximate surface area is 105 Å². The summed E-state index contributed by atoms with van der Waals surface area (Å²) in [5, 5.41) is 3.09. The third kappa shape index (κ3) is 4.64. The Morgan fingerprint density at radius 2 is 2.12 bits per heavy atom. The minimum Gasteiger partial charge on any atom is -0.354 e. The zero-order valence-corrected chi connectivity index (χ0v) is 11.9. The SMILES string of the molecule is CN(C)CC(C)(C)CNC(=O)[C@H]1CCCN1C. The molecule has 17 heavy (non-hydrogen) atoms. The van der Waals surface area contributed by atoms with E-state index in [0.717, 1.165) is 32.5 Å². The van der Waals surface area contributed by atoms with Crippen LogP contribution in [0.5, 0.6) is 0 Å². The van der Waals surface area contributed by atoms with E-state index in [2.05, 4.69) is 43.1 Å². The Balaban J connectivity index is 2.37. The molecule has 1 aliphatic heterocycles. The number of likely N-dealkylation sites (N-methyl/N-ethyl adjacent to an activating group) is 1. The van der Waals surface area contributed by atoms with Crippen LogP contribution in [0.15, 0.2) is 0 Å². The molecule has 0 saturated carbocycles. The molecule has 0 aromatic heterocycles. The summed E-state index contributed by atoms with van der Waals surface area (Å²) in [5.41, 5.74) is 0.121. The van der Waals surface area contributed by atoms with Crippen LogP contribution in [0.2, 0.25) is 0 Å². The quantitative estimate of drug-likeness (QED) is 0.773. The summed E-state index contributed by atoms with van der Waals surface area (Å²) < 4.78 is 0. The van der Waals surface area contributed by atoms with Gasteiger partial charge in [-0.1, -0.05) is 13.8 Å². The largest absolute Gasteiger partial charge is 0.354 e. The minimum absolute atomic E-state index is 0.0881. The van der Waals surface area contributed by atoms with Crippen LogP contribution in [0.1, 0.15) is 26.7 Å². The van der Waals surface area contributed by atoms with Gasteiger partial charge >= 0.3 is 0 Å². The van der Waals surface area contributed by atoms with E-state index in [1.165, 1.54) is 0 Å². The number of rotatable bonds is 5. The van der Waals surface area contributed by atoms with Gasteiger partial charge in [-0.05, 0) is 45.9 Å². The van der Waals surface area contributed by atoms with Crippen LogP contribution in [0, 0.1) is 5.41 Å². The van der Waals surface area contributed by atoms with Crippen molar-refractivity contribution in [2.45, 2.75) is 32.7 Å². The number of amides is 1. The maximum Gasteiger partial charge on any atom is 0.237 e. The van der Waals surface area contributed by atoms with Crippen LogP contribution in [0.25, 0.3) is 0 Å². The third-order valence-electron chi connectivity index (χ3n) is 3.31. The molecule has 4 nitrogen and oxygen atoms in total. The van der Waals surface area contributed by atoms with Gasteiger partial charge in [0.25, 0.3) is 0 Å². The lowest BCUT2D eigenvalue weighted by Crippen LogP contribution is -2.46. The maximum atomic E-state index is 12.0. The molecule has 1 saturated heterocycles. The summed E-state index contributed by atoms with van der Waals surface area (Å²) >= 11 is 0. The van der Waals surface area contributed by atoms with Crippen molar-refractivity contribution in [3.8, 4) is 0 Å². The summed E-state index contributed by atoms with van der Waals surface area (Å²) in [6, 6.07) is 0.0881. The molecule has 0 aromatic carbocycles. The van der Waals surface area contributed by atoms with E-state index >= 15 is 0 Å². The third-order valence-corrected chi connectivity index (χ3v) is 3.31. The van der Waals surface area contributed by atoms with Crippen LogP contribution >= 0.6 is 0 Å². The summed E-state index contributed by atoms with van der Waals surface area (Å²) in [4.78, 5) is 16.3. The van der Waals surface area contributed by atoms with Gasteiger partial charge in [-0.2, -0.15) is 0 Å². The number of nitrogens with zero attached hydrogens (tertiary/aromatic N) is 2. The second-order valence-corrected chi connectivity index (χ2v) is 6.26. The van der Waals surface area contributed by atoms with Crippen LogP contribution < -0.4 is 5.32 Å². The van der Waals surface area contributed by atoms with Crippen molar-refractivity contribution >= 4 is 5.91 Å². The first-order valence-corrected chi connectivity index (χ1v) is 6.44. The first-order chi connectivity index (χ1) is 7.82. The molecule has 4 heteroatoms. The van der Waals surface area contributed by atoms with E-state index in [1.54, 1.807) is 0 Å². The Kier molecular flexibility index (Phi) is 4.95. The average Bonchev–Trinajstić information content (AvgIpc) is 2.59. The topological polar surface area (TPSA) is 35.6 Å². The Bertz CT molecular complexity index is 263. The number of carbonyl (C=O) groups excluding carboxylic acids is 1. The van der Waals surface area contributed by atoms with E-state index in [4.69, 9.17) is 0 Å². The molecule has 100 valence electrons. The van der Waals surface area contributed by atoms with Crippen molar-refractivity contribution in [3.05, 3.63) is 0 Å². The standard InChI is InChI=1S/C13H27N3O/c1-13(2,10-15(3)4)9-14-12(17)11-7-6-8-16(11)5/h11H,6-10H2,1-5H3,(H,14,17)/t11-/m1/s1. The molecule has 0 radical (unpaired) electrons. The molecule has 1 N–H and O–H groups in total. The predicted octanol–water partition coefficient (Wildman–Crippen LogP) is 0.785. The van der Waals surface area contributed by atoms with Gasteiger partial charge in [0.1, 0.15) is 0 Å². The zero-order valence-electron chi connectivity index (χ0n) is 11.9. The first-order valence-electron chi connectivity index (χ1n) is 6.44. The number of nitrogens with one attached hydrogen (secondary N) is 1. The molecule has 1 heterocycles. The minimum atomic E-state index is 0.0881. The number of likely N-dealkylation sites (tertiary alicyclic amines) is 1. The molecule has 1 fully saturated rings. The van der Waals surface area contributed by atoms with Crippen molar-refractivity contribution in [2.75, 3.05) is 40.8 Å². The summed E-state index contributed by atoms with van der Waals surface area (Å²) in [5.74, 6) is 0.192. The van der Waals surface area contributed by atoms with Gasteiger partial charge in [-0.25, -0.2) is 0 Å². The molecule has 0 bridgehead atoms. The Morgan fingerprint density at radius 1 is 1.47 bits per heavy atom. The predicted molar refractivity (Wildman–Crippen MR) is 71.0 cm³/mol. The molecule has 0 unspecified atom stereocenters. The van der Waals surface area contributed by atoms with Crippen molar-refractivity contribution in [2.24, 2.45) is 5.41 Å². The Hall–Kier alpha value is -0.610. The molecule has 0 spiro atoms. The molecule has 0 aliphatic carbocycles. The normalized spacial score (nSPS) is 22.1. The van der Waals surface area contributed by atoms with E-state index in [0.29, 0.717) is 0 Å². The van der Waals surface area contributed by atoms with Crippen molar-refractivity contribution < 1.29 is 4.79 Å². The van der Waals surface area contributed by atoms with Gasteiger partial charge in [0.05, 0.1) is 6.04 Å². The highest BCUT2D eigenvalue weighted by molar-refractivity contribution is 5.82. The highest BCUT2D eigenvalue weighted by Crippen LogP contribution is 2.17. The summed E-state index contributed by atoms with van der Waals surface area (Å²) in [6.45, 7) is 7.14. The molecule has 1 rings (SSSR count). The van der Waals surface area contributed by atoms with E-state index in [9.17, 15) is 4.79 Å². The fourth-order valence-electron chi connectivity index (χ4n) is 2.60. The van der Waals surface area contributed by atoms with Gasteiger partial charge in [-0.15, -0.1) is 0 Å². The fraction of sp³-hybridized carbons (Fsp3) is 0.923. The van der Waals surface area contributed by atoms with Gasteiger partial charge in [0.2, 0.25) is 5.91 Å². The van der Waals surface area contributed by atoms with Crippen LogP contribution in [-0.2, 0) is 4.79 Å². The van der Waals surface area contributed by atoms with E-state index in [1.807, 2.05) is 7.05 Å². The molecule has 1 atom stereocenters. The summed E-state index contributed by atoms with van der Waals surface area (Å²) in [6.07, 6.45) is 2.13. The van der Waals surface area contributed by atoms with Crippen molar-refractivity contribution in [1.82, 2.24) is 15.1 Å². The smallest absolute Gasteiger partial charge is 0.237 e. The number of carbonyl (C=O) groups is 1. The van der Waals surface area contributed by atoms with E-state index in [-0.39, 0.29) is 17.4 Å². The highest BCUT2D eigenvalue weighted by atomic mass is 16.2. The van der Waals surface area contributed by atoms with Crippen LogP contribution in [0.3, 0.4) is 0 Å². The second-order valence-electron chi connectivity index (χ2n) is 6.26. The Morgan fingerprint density at radius 3 is 2.59 bits per heavy atom. The number of hydrogen-bond acceptors (Lipinski definition) is 3. The van der Waals surface area contributed by atoms with Gasteiger partial charge in [0.15, 0.2) is 0 Å².